The highest BCUT2D eigenvalue weighted by atomic mass is 16.5. The Hall–Kier alpha value is -2.76. The minimum Gasteiger partial charge on any atom is -0.496 e. The first kappa shape index (κ1) is 15.6. The molecule has 1 aromatic carbocycles. The predicted octanol–water partition coefficient (Wildman–Crippen LogP) is 2.60. The van der Waals surface area contributed by atoms with E-state index in [1.54, 1.807) is 38.6 Å². The van der Waals surface area contributed by atoms with Crippen molar-refractivity contribution in [1.82, 2.24) is 4.98 Å². The Bertz CT molecular complexity index is 684. The standard InChI is InChI=1S/C16H17NO5/c1-19-13-6-14(20-2)11(5-10(13)9-18)12-8-17-16(22-4)7-15(12)21-3/h5-9H,1-4H3. The van der Waals surface area contributed by atoms with Crippen molar-refractivity contribution in [3.63, 3.8) is 0 Å². The highest BCUT2D eigenvalue weighted by molar-refractivity contribution is 5.86. The summed E-state index contributed by atoms with van der Waals surface area (Å²) in [5.74, 6) is 1.99. The Balaban J connectivity index is 2.68. The van der Waals surface area contributed by atoms with Gasteiger partial charge in [-0.05, 0) is 6.07 Å². The molecule has 0 saturated carbocycles. The normalized spacial score (nSPS) is 10.0. The lowest BCUT2D eigenvalue weighted by Gasteiger charge is -2.15. The smallest absolute Gasteiger partial charge is 0.216 e. The highest BCUT2D eigenvalue weighted by Crippen LogP contribution is 2.40. The molecule has 2 rings (SSSR count). The van der Waals surface area contributed by atoms with Crippen LogP contribution in [-0.4, -0.2) is 39.7 Å². The molecule has 6 nitrogen and oxygen atoms in total. The van der Waals surface area contributed by atoms with Crippen LogP contribution in [0.5, 0.6) is 23.1 Å². The van der Waals surface area contributed by atoms with Crippen LogP contribution in [0.25, 0.3) is 11.1 Å². The number of nitrogens with zero attached hydrogens (tertiary/aromatic N) is 1. The number of pyridine rings is 1. The molecule has 0 fully saturated rings. The molecule has 1 heterocycles. The molecule has 0 aliphatic rings. The maximum absolute atomic E-state index is 11.2. The lowest BCUT2D eigenvalue weighted by Crippen LogP contribution is -1.98. The Morgan fingerprint density at radius 1 is 0.818 bits per heavy atom. The summed E-state index contributed by atoms with van der Waals surface area (Å²) in [6.45, 7) is 0. The van der Waals surface area contributed by atoms with Crippen LogP contribution in [0.1, 0.15) is 10.4 Å². The molecule has 2 aromatic rings. The van der Waals surface area contributed by atoms with Crippen molar-refractivity contribution in [2.45, 2.75) is 0 Å². The van der Waals surface area contributed by atoms with Crippen LogP contribution in [0.4, 0.5) is 0 Å². The van der Waals surface area contributed by atoms with E-state index in [9.17, 15) is 4.79 Å². The fourth-order valence-corrected chi connectivity index (χ4v) is 2.13. The molecule has 0 radical (unpaired) electrons. The third-order valence-electron chi connectivity index (χ3n) is 3.24. The quantitative estimate of drug-likeness (QED) is 0.764. The van der Waals surface area contributed by atoms with E-state index < -0.39 is 0 Å². The molecule has 0 spiro atoms. The van der Waals surface area contributed by atoms with Crippen LogP contribution in [-0.2, 0) is 0 Å². The number of carbonyl (C=O) groups excluding carboxylic acids is 1. The molecule has 0 atom stereocenters. The molecule has 0 aliphatic carbocycles. The molecule has 0 N–H and O–H groups in total. The molecule has 0 saturated heterocycles. The Kier molecular flexibility index (Phi) is 4.83. The summed E-state index contributed by atoms with van der Waals surface area (Å²) in [6.07, 6.45) is 2.34. The third kappa shape index (κ3) is 2.81. The zero-order chi connectivity index (χ0) is 16.1. The van der Waals surface area contributed by atoms with Gasteiger partial charge in [-0.3, -0.25) is 4.79 Å². The van der Waals surface area contributed by atoms with Crippen molar-refractivity contribution in [3.8, 4) is 34.3 Å². The van der Waals surface area contributed by atoms with Crippen LogP contribution in [0.3, 0.4) is 0 Å². The fourth-order valence-electron chi connectivity index (χ4n) is 2.13. The van der Waals surface area contributed by atoms with E-state index in [1.165, 1.54) is 14.2 Å². The van der Waals surface area contributed by atoms with Crippen LogP contribution in [0.15, 0.2) is 24.4 Å². The van der Waals surface area contributed by atoms with Gasteiger partial charge in [0.05, 0.1) is 34.0 Å². The summed E-state index contributed by atoms with van der Waals surface area (Å²) in [5.41, 5.74) is 1.78. The molecular weight excluding hydrogens is 286 g/mol. The first-order chi connectivity index (χ1) is 10.7. The van der Waals surface area contributed by atoms with E-state index in [0.717, 1.165) is 6.29 Å². The average molecular weight is 303 g/mol. The monoisotopic (exact) mass is 303 g/mol. The molecule has 6 heteroatoms. The lowest BCUT2D eigenvalue weighted by molar-refractivity contribution is 0.112. The van der Waals surface area contributed by atoms with Crippen molar-refractivity contribution in [3.05, 3.63) is 30.0 Å². The van der Waals surface area contributed by atoms with Gasteiger partial charge in [-0.1, -0.05) is 0 Å². The zero-order valence-electron chi connectivity index (χ0n) is 12.9. The van der Waals surface area contributed by atoms with Gasteiger partial charge in [0, 0.05) is 29.5 Å². The second-order valence-electron chi connectivity index (χ2n) is 4.34. The van der Waals surface area contributed by atoms with E-state index in [-0.39, 0.29) is 0 Å². The van der Waals surface area contributed by atoms with Gasteiger partial charge in [0.1, 0.15) is 17.2 Å². The number of rotatable bonds is 6. The molecule has 116 valence electrons. The van der Waals surface area contributed by atoms with Gasteiger partial charge in [0.25, 0.3) is 0 Å². The largest absolute Gasteiger partial charge is 0.496 e. The number of benzene rings is 1. The van der Waals surface area contributed by atoms with E-state index in [4.69, 9.17) is 18.9 Å². The summed E-state index contributed by atoms with van der Waals surface area (Å²) in [5, 5.41) is 0. The van der Waals surface area contributed by atoms with Crippen molar-refractivity contribution in [2.75, 3.05) is 28.4 Å². The van der Waals surface area contributed by atoms with Crippen LogP contribution in [0.2, 0.25) is 0 Å². The minimum atomic E-state index is 0.413. The molecule has 1 aromatic heterocycles. The summed E-state index contributed by atoms with van der Waals surface area (Å²) in [6, 6.07) is 5.00. The van der Waals surface area contributed by atoms with Gasteiger partial charge < -0.3 is 18.9 Å². The maximum Gasteiger partial charge on any atom is 0.216 e. The van der Waals surface area contributed by atoms with Crippen molar-refractivity contribution < 1.29 is 23.7 Å². The number of ether oxygens (including phenoxy) is 4. The second-order valence-corrected chi connectivity index (χ2v) is 4.34. The van der Waals surface area contributed by atoms with E-state index >= 15 is 0 Å². The average Bonchev–Trinajstić information content (AvgIpc) is 2.59. The molecule has 22 heavy (non-hydrogen) atoms. The maximum atomic E-state index is 11.2. The lowest BCUT2D eigenvalue weighted by atomic mass is 10.0. The summed E-state index contributed by atoms with van der Waals surface area (Å²) < 4.78 is 21.0. The number of hydrogen-bond acceptors (Lipinski definition) is 6. The van der Waals surface area contributed by atoms with Gasteiger partial charge >= 0.3 is 0 Å². The van der Waals surface area contributed by atoms with Gasteiger partial charge in [0.15, 0.2) is 6.29 Å². The second kappa shape index (κ2) is 6.80. The number of aromatic nitrogens is 1. The Morgan fingerprint density at radius 3 is 2.00 bits per heavy atom. The van der Waals surface area contributed by atoms with Gasteiger partial charge in [-0.15, -0.1) is 0 Å². The van der Waals surface area contributed by atoms with Crippen molar-refractivity contribution >= 4 is 6.29 Å². The van der Waals surface area contributed by atoms with Gasteiger partial charge in [-0.2, -0.15) is 0 Å². The van der Waals surface area contributed by atoms with Crippen molar-refractivity contribution in [1.29, 1.82) is 0 Å². The Labute approximate surface area is 128 Å². The number of methoxy groups -OCH3 is 4. The SMILES string of the molecule is COc1cc(OC)c(-c2cc(C=O)c(OC)cc2OC)cn1. The Morgan fingerprint density at radius 2 is 1.45 bits per heavy atom. The fraction of sp³-hybridized carbons (Fsp3) is 0.250. The first-order valence-electron chi connectivity index (χ1n) is 6.48. The first-order valence-corrected chi connectivity index (χ1v) is 6.48. The van der Waals surface area contributed by atoms with Crippen LogP contribution < -0.4 is 18.9 Å². The van der Waals surface area contributed by atoms with Crippen LogP contribution >= 0.6 is 0 Å². The zero-order valence-corrected chi connectivity index (χ0v) is 12.9. The molecular formula is C16H17NO5. The van der Waals surface area contributed by atoms with Gasteiger partial charge in [0.2, 0.25) is 5.88 Å². The molecule has 0 amide bonds. The number of hydrogen-bond donors (Lipinski definition) is 0. The van der Waals surface area contributed by atoms with E-state index in [1.807, 2.05) is 0 Å². The van der Waals surface area contributed by atoms with Crippen molar-refractivity contribution in [2.24, 2.45) is 0 Å². The van der Waals surface area contributed by atoms with Crippen LogP contribution in [0, 0.1) is 0 Å². The summed E-state index contributed by atoms with van der Waals surface area (Å²) in [7, 11) is 6.12. The molecule has 0 aliphatic heterocycles. The molecule has 0 bridgehead atoms. The third-order valence-corrected chi connectivity index (χ3v) is 3.24. The number of aldehydes is 1. The summed E-state index contributed by atoms with van der Waals surface area (Å²) in [4.78, 5) is 15.4. The summed E-state index contributed by atoms with van der Waals surface area (Å²) >= 11 is 0. The van der Waals surface area contributed by atoms with E-state index in [0.29, 0.717) is 39.8 Å². The molecule has 0 unspecified atom stereocenters. The topological polar surface area (TPSA) is 66.9 Å². The predicted molar refractivity (Wildman–Crippen MR) is 81.3 cm³/mol. The van der Waals surface area contributed by atoms with E-state index in [2.05, 4.69) is 4.98 Å². The number of carbonyl (C=O) groups is 1. The minimum absolute atomic E-state index is 0.413. The van der Waals surface area contributed by atoms with Gasteiger partial charge in [-0.25, -0.2) is 4.98 Å². The highest BCUT2D eigenvalue weighted by Gasteiger charge is 2.17.